The second-order valence-corrected chi connectivity index (χ2v) is 9.47. The number of aryl methyl sites for hydroxylation is 1. The van der Waals surface area contributed by atoms with Crippen molar-refractivity contribution in [2.45, 2.75) is 39.0 Å². The van der Waals surface area contributed by atoms with Crippen molar-refractivity contribution in [2.24, 2.45) is 0 Å². The molecule has 38 heavy (non-hydrogen) atoms. The Morgan fingerprint density at radius 3 is 2.53 bits per heavy atom. The van der Waals surface area contributed by atoms with Crippen LogP contribution in [0.5, 0.6) is 11.5 Å². The van der Waals surface area contributed by atoms with Gasteiger partial charge in [0.05, 0.1) is 33.0 Å². The maximum Gasteiger partial charge on any atom is 0.273 e. The van der Waals surface area contributed by atoms with Gasteiger partial charge in [-0.25, -0.2) is 0 Å². The van der Waals surface area contributed by atoms with Gasteiger partial charge in [0.1, 0.15) is 34.3 Å². The van der Waals surface area contributed by atoms with E-state index in [0.717, 1.165) is 22.6 Å². The van der Waals surface area contributed by atoms with Gasteiger partial charge in [0.15, 0.2) is 0 Å². The van der Waals surface area contributed by atoms with Crippen LogP contribution in [0.25, 0.3) is 11.3 Å². The van der Waals surface area contributed by atoms with Crippen LogP contribution in [0.4, 0.5) is 0 Å². The number of aromatic nitrogens is 2. The summed E-state index contributed by atoms with van der Waals surface area (Å²) in [5.41, 5.74) is 1.51. The normalized spacial score (nSPS) is 16.7. The Kier molecular flexibility index (Phi) is 6.67. The van der Waals surface area contributed by atoms with Gasteiger partial charge in [0.2, 0.25) is 5.91 Å². The lowest BCUT2D eigenvalue weighted by Crippen LogP contribution is -2.63. The van der Waals surface area contributed by atoms with Crippen LogP contribution in [0.3, 0.4) is 0 Å². The number of nitrogens with zero attached hydrogens (tertiary/aromatic N) is 3. The van der Waals surface area contributed by atoms with Crippen molar-refractivity contribution in [3.05, 3.63) is 89.5 Å². The van der Waals surface area contributed by atoms with Gasteiger partial charge >= 0.3 is 0 Å². The molecule has 1 N–H and O–H groups in total. The van der Waals surface area contributed by atoms with E-state index in [4.69, 9.17) is 19.0 Å². The number of fused-ring (bicyclic) bond motifs is 1. The number of ether oxygens (including phenoxy) is 2. The molecular formula is C29H30N4O5. The zero-order valence-corrected chi connectivity index (χ0v) is 21.9. The first-order valence-corrected chi connectivity index (χ1v) is 12.3. The Hall–Kier alpha value is -4.53. The van der Waals surface area contributed by atoms with Gasteiger partial charge in [-0.15, -0.1) is 0 Å². The van der Waals surface area contributed by atoms with Gasteiger partial charge < -0.3 is 24.1 Å². The number of hydrogen-bond acceptors (Lipinski definition) is 6. The number of rotatable bonds is 8. The number of benzene rings is 2. The molecule has 0 spiro atoms. The molecule has 3 heterocycles. The minimum atomic E-state index is -1.23. The monoisotopic (exact) mass is 514 g/mol. The van der Waals surface area contributed by atoms with E-state index in [-0.39, 0.29) is 31.4 Å². The number of amides is 2. The van der Waals surface area contributed by atoms with Crippen LogP contribution in [-0.2, 0) is 24.4 Å². The fraction of sp³-hybridized carbons (Fsp3) is 0.276. The van der Waals surface area contributed by atoms with E-state index in [1.165, 1.54) is 0 Å². The number of hydrogen-bond donors (Lipinski definition) is 1. The first-order valence-electron chi connectivity index (χ1n) is 12.3. The minimum absolute atomic E-state index is 0.147. The van der Waals surface area contributed by atoms with Gasteiger partial charge in [0.25, 0.3) is 5.91 Å². The van der Waals surface area contributed by atoms with E-state index >= 15 is 0 Å². The zero-order chi connectivity index (χ0) is 26.9. The lowest BCUT2D eigenvalue weighted by molar-refractivity contribution is -0.133. The molecule has 0 saturated heterocycles. The van der Waals surface area contributed by atoms with Gasteiger partial charge in [-0.1, -0.05) is 18.2 Å². The van der Waals surface area contributed by atoms with Gasteiger partial charge in [-0.05, 0) is 62.4 Å². The summed E-state index contributed by atoms with van der Waals surface area (Å²) in [6.07, 6.45) is 0. The van der Waals surface area contributed by atoms with Crippen LogP contribution >= 0.6 is 0 Å². The quantitative estimate of drug-likeness (QED) is 0.378. The summed E-state index contributed by atoms with van der Waals surface area (Å²) in [7, 11) is 3.20. The molecule has 0 aliphatic carbocycles. The third kappa shape index (κ3) is 4.63. The van der Waals surface area contributed by atoms with Gasteiger partial charge in [0, 0.05) is 17.7 Å². The molecule has 0 bridgehead atoms. The predicted molar refractivity (Wildman–Crippen MR) is 141 cm³/mol. The third-order valence-corrected chi connectivity index (χ3v) is 6.91. The summed E-state index contributed by atoms with van der Waals surface area (Å²) in [6, 6.07) is 20.4. The molecule has 4 aromatic rings. The van der Waals surface area contributed by atoms with Crippen molar-refractivity contribution in [1.82, 2.24) is 20.0 Å². The zero-order valence-electron chi connectivity index (χ0n) is 21.9. The highest BCUT2D eigenvalue weighted by Gasteiger charge is 2.48. The maximum absolute atomic E-state index is 13.9. The first kappa shape index (κ1) is 25.1. The van der Waals surface area contributed by atoms with Crippen LogP contribution < -0.4 is 14.8 Å². The average molecular weight is 515 g/mol. The van der Waals surface area contributed by atoms with Crippen LogP contribution in [0.15, 0.2) is 71.1 Å². The number of furan rings is 1. The van der Waals surface area contributed by atoms with E-state index in [1.807, 2.05) is 67.6 Å². The summed E-state index contributed by atoms with van der Waals surface area (Å²) < 4.78 is 18.1. The molecule has 1 aliphatic heterocycles. The summed E-state index contributed by atoms with van der Waals surface area (Å²) in [4.78, 5) is 29.2. The number of carbonyl (C=O) groups is 2. The molecule has 0 fully saturated rings. The maximum atomic E-state index is 13.9. The summed E-state index contributed by atoms with van der Waals surface area (Å²) >= 11 is 0. The van der Waals surface area contributed by atoms with Crippen molar-refractivity contribution in [3.63, 3.8) is 0 Å². The van der Waals surface area contributed by atoms with Gasteiger partial charge in [-0.3, -0.25) is 14.3 Å². The lowest BCUT2D eigenvalue weighted by Gasteiger charge is -2.42. The Morgan fingerprint density at radius 2 is 1.84 bits per heavy atom. The number of methoxy groups -OCH3 is 2. The molecule has 2 aromatic heterocycles. The van der Waals surface area contributed by atoms with Crippen molar-refractivity contribution in [1.29, 1.82) is 0 Å². The molecule has 2 amide bonds. The molecule has 196 valence electrons. The molecule has 0 radical (unpaired) electrons. The van der Waals surface area contributed by atoms with Crippen molar-refractivity contribution in [3.8, 4) is 22.8 Å². The molecule has 0 unspecified atom stereocenters. The second-order valence-electron chi connectivity index (χ2n) is 9.47. The Bertz CT molecular complexity index is 1470. The van der Waals surface area contributed by atoms with E-state index in [2.05, 4.69) is 5.32 Å². The van der Waals surface area contributed by atoms with Crippen LogP contribution in [0.1, 0.15) is 34.5 Å². The predicted octanol–water partition coefficient (Wildman–Crippen LogP) is 4.20. The fourth-order valence-electron chi connectivity index (χ4n) is 4.73. The summed E-state index contributed by atoms with van der Waals surface area (Å²) in [6.45, 7) is 4.19. The van der Waals surface area contributed by atoms with Crippen LogP contribution in [0.2, 0.25) is 0 Å². The standard InChI is InChI=1S/C29H30N4O5/c1-19-9-12-23(38-19)17-32-27(34)25-15-24(20-10-13-22(36-3)14-11-20)31-33(25)18-29(32,2)28(35)30-16-21-7-5-6-8-26(21)37-4/h5-15H,16-18H2,1-4H3,(H,30,35)/t29-/m0/s1. The van der Waals surface area contributed by atoms with E-state index < -0.39 is 5.54 Å². The smallest absolute Gasteiger partial charge is 0.273 e. The molecule has 9 nitrogen and oxygen atoms in total. The highest BCUT2D eigenvalue weighted by molar-refractivity contribution is 6.00. The van der Waals surface area contributed by atoms with Crippen molar-refractivity contribution >= 4 is 11.8 Å². The largest absolute Gasteiger partial charge is 0.497 e. The summed E-state index contributed by atoms with van der Waals surface area (Å²) in [5.74, 6) is 2.15. The summed E-state index contributed by atoms with van der Waals surface area (Å²) in [5, 5.41) is 7.71. The fourth-order valence-corrected chi connectivity index (χ4v) is 4.73. The molecule has 5 rings (SSSR count). The third-order valence-electron chi connectivity index (χ3n) is 6.91. The number of carbonyl (C=O) groups excluding carboxylic acids is 2. The van der Waals surface area contributed by atoms with E-state index in [1.54, 1.807) is 36.8 Å². The Morgan fingerprint density at radius 1 is 1.08 bits per heavy atom. The molecule has 9 heteroatoms. The lowest BCUT2D eigenvalue weighted by atomic mass is 9.94. The SMILES string of the molecule is COc1ccc(-c2cc3n(n2)C[C@@](C)(C(=O)NCc2ccccc2OC)N(Cc2ccc(C)o2)C3=O)cc1. The van der Waals surface area contributed by atoms with Crippen LogP contribution in [-0.4, -0.2) is 46.3 Å². The highest BCUT2D eigenvalue weighted by atomic mass is 16.5. The molecule has 1 atom stereocenters. The van der Waals surface area contributed by atoms with E-state index in [9.17, 15) is 9.59 Å². The molecular weight excluding hydrogens is 484 g/mol. The van der Waals surface area contributed by atoms with Crippen LogP contribution in [0, 0.1) is 6.92 Å². The first-order chi connectivity index (χ1) is 18.3. The van der Waals surface area contributed by atoms with Crippen molar-refractivity contribution in [2.75, 3.05) is 14.2 Å². The second kappa shape index (κ2) is 10.1. The molecule has 0 saturated carbocycles. The molecule has 2 aromatic carbocycles. The Labute approximate surface area is 221 Å². The Balaban J connectivity index is 1.48. The average Bonchev–Trinajstić information content (AvgIpc) is 3.55. The molecule has 1 aliphatic rings. The van der Waals surface area contributed by atoms with Crippen molar-refractivity contribution < 1.29 is 23.5 Å². The minimum Gasteiger partial charge on any atom is -0.497 e. The number of para-hydroxylation sites is 1. The van der Waals surface area contributed by atoms with E-state index in [0.29, 0.717) is 22.9 Å². The topological polar surface area (TPSA) is 98.8 Å². The highest BCUT2D eigenvalue weighted by Crippen LogP contribution is 2.32. The van der Waals surface area contributed by atoms with Gasteiger partial charge in [-0.2, -0.15) is 5.10 Å². The number of nitrogens with one attached hydrogen (secondary N) is 1.